The van der Waals surface area contributed by atoms with Crippen LogP contribution < -0.4 is 16.1 Å². The van der Waals surface area contributed by atoms with E-state index in [1.807, 2.05) is 24.3 Å². The molecular weight excluding hydrogens is 440 g/mol. The first-order valence-corrected chi connectivity index (χ1v) is 11.0. The van der Waals surface area contributed by atoms with Gasteiger partial charge in [0.25, 0.3) is 11.8 Å². The number of fused-ring (bicyclic) bond motifs is 1. The molecule has 4 N–H and O–H groups in total. The number of carbonyl (C=O) groups is 3. The maximum atomic E-state index is 12.4. The number of hydroxylamine groups is 1. The average Bonchev–Trinajstić information content (AvgIpc) is 3.02. The third-order valence-corrected chi connectivity index (χ3v) is 4.79. The predicted molar refractivity (Wildman–Crippen MR) is 127 cm³/mol. The summed E-state index contributed by atoms with van der Waals surface area (Å²) in [5, 5.41) is 16.6. The molecule has 10 nitrogen and oxygen atoms in total. The van der Waals surface area contributed by atoms with Crippen LogP contribution in [0.15, 0.2) is 48.5 Å². The second-order valence-corrected chi connectivity index (χ2v) is 8.76. The fourth-order valence-electron chi connectivity index (χ4n) is 3.28. The van der Waals surface area contributed by atoms with Gasteiger partial charge in [0.1, 0.15) is 5.60 Å². The van der Waals surface area contributed by atoms with E-state index in [4.69, 9.17) is 9.57 Å². The Labute approximate surface area is 198 Å². The summed E-state index contributed by atoms with van der Waals surface area (Å²) in [5.74, 6) is -0.777. The molecule has 182 valence electrons. The Bertz CT molecular complexity index is 984. The van der Waals surface area contributed by atoms with Crippen molar-refractivity contribution in [3.63, 3.8) is 0 Å². The quantitative estimate of drug-likeness (QED) is 0.237. The van der Waals surface area contributed by atoms with Gasteiger partial charge in [-0.3, -0.25) is 19.3 Å². The Morgan fingerprint density at radius 1 is 0.971 bits per heavy atom. The van der Waals surface area contributed by atoms with Crippen LogP contribution in [0, 0.1) is 0 Å². The molecule has 0 saturated heterocycles. The molecule has 10 heteroatoms. The number of nitrogens with zero attached hydrogens (tertiary/aromatic N) is 1. The first-order valence-electron chi connectivity index (χ1n) is 11.0. The number of nitrogens with one attached hydrogen (secondary N) is 3. The molecule has 2 aromatic rings. The molecule has 1 aliphatic heterocycles. The average molecular weight is 471 g/mol. The minimum Gasteiger partial charge on any atom is -0.442 e. The van der Waals surface area contributed by atoms with Crippen LogP contribution in [0.25, 0.3) is 0 Å². The van der Waals surface area contributed by atoms with Gasteiger partial charge in [-0.05, 0) is 57.2 Å². The summed E-state index contributed by atoms with van der Waals surface area (Å²) < 4.78 is 5.06. The van der Waals surface area contributed by atoms with Crippen LogP contribution in [-0.2, 0) is 9.57 Å². The molecule has 0 saturated carbocycles. The number of aliphatic hydroxyl groups excluding tert-OH is 1. The van der Waals surface area contributed by atoms with E-state index in [9.17, 15) is 19.5 Å². The summed E-state index contributed by atoms with van der Waals surface area (Å²) in [6.07, 6.45) is -1.57. The summed E-state index contributed by atoms with van der Waals surface area (Å²) in [6, 6.07) is 14.0. The van der Waals surface area contributed by atoms with Crippen molar-refractivity contribution < 1.29 is 29.1 Å². The fourth-order valence-corrected chi connectivity index (χ4v) is 3.28. The minimum absolute atomic E-state index is 0.0870. The highest BCUT2D eigenvalue weighted by Crippen LogP contribution is 2.22. The molecule has 0 aliphatic carbocycles. The number of β-amino-alcohol motifs (C(OH)–C–C–N with tert-alkyl or cyclic N) is 1. The second kappa shape index (κ2) is 11.0. The molecule has 1 atom stereocenters. The molecule has 0 bridgehead atoms. The van der Waals surface area contributed by atoms with Crippen molar-refractivity contribution >= 4 is 29.3 Å². The number of carbonyl (C=O) groups excluding carboxylic acids is 3. The molecular formula is C24H30N4O6. The van der Waals surface area contributed by atoms with Gasteiger partial charge in [0.2, 0.25) is 0 Å². The van der Waals surface area contributed by atoms with Crippen molar-refractivity contribution in [2.75, 3.05) is 36.9 Å². The first-order chi connectivity index (χ1) is 16.1. The van der Waals surface area contributed by atoms with Gasteiger partial charge in [-0.15, -0.1) is 0 Å². The lowest BCUT2D eigenvalue weighted by atomic mass is 10.1. The highest BCUT2D eigenvalue weighted by atomic mass is 16.7. The second-order valence-electron chi connectivity index (χ2n) is 8.76. The van der Waals surface area contributed by atoms with Crippen LogP contribution >= 0.6 is 0 Å². The van der Waals surface area contributed by atoms with Crippen molar-refractivity contribution in [1.29, 1.82) is 0 Å². The number of aliphatic hydroxyl groups is 1. The number of imide groups is 1. The molecule has 0 unspecified atom stereocenters. The minimum atomic E-state index is -0.922. The fraction of sp³-hybridized carbons (Fsp3) is 0.375. The lowest BCUT2D eigenvalue weighted by molar-refractivity contribution is -0.00488. The highest BCUT2D eigenvalue weighted by molar-refractivity contribution is 6.21. The number of amides is 3. The maximum absolute atomic E-state index is 12.4. The Morgan fingerprint density at radius 3 is 2.09 bits per heavy atom. The monoisotopic (exact) mass is 470 g/mol. The van der Waals surface area contributed by atoms with Crippen molar-refractivity contribution in [2.24, 2.45) is 0 Å². The zero-order valence-corrected chi connectivity index (χ0v) is 19.5. The number of hydrogen-bond donors (Lipinski definition) is 4. The maximum Gasteiger partial charge on any atom is 0.431 e. The van der Waals surface area contributed by atoms with Gasteiger partial charge in [0.15, 0.2) is 0 Å². The number of rotatable bonds is 10. The zero-order valence-electron chi connectivity index (χ0n) is 19.5. The van der Waals surface area contributed by atoms with Gasteiger partial charge in [-0.1, -0.05) is 12.1 Å². The van der Waals surface area contributed by atoms with Crippen LogP contribution in [0.1, 0.15) is 41.5 Å². The summed E-state index contributed by atoms with van der Waals surface area (Å²) in [5.41, 5.74) is 3.97. The molecule has 0 spiro atoms. The molecule has 3 amide bonds. The highest BCUT2D eigenvalue weighted by Gasteiger charge is 2.35. The molecule has 1 heterocycles. The Hall–Kier alpha value is -3.63. The number of benzene rings is 2. The molecule has 34 heavy (non-hydrogen) atoms. The van der Waals surface area contributed by atoms with Crippen molar-refractivity contribution in [3.8, 4) is 0 Å². The van der Waals surface area contributed by atoms with E-state index < -0.39 is 17.8 Å². The van der Waals surface area contributed by atoms with Gasteiger partial charge in [0, 0.05) is 24.5 Å². The van der Waals surface area contributed by atoms with E-state index in [1.54, 1.807) is 45.0 Å². The third-order valence-electron chi connectivity index (χ3n) is 4.79. The molecule has 0 aromatic heterocycles. The van der Waals surface area contributed by atoms with Gasteiger partial charge in [-0.25, -0.2) is 4.79 Å². The molecule has 3 rings (SSSR count). The predicted octanol–water partition coefficient (Wildman–Crippen LogP) is 2.62. The zero-order chi connectivity index (χ0) is 24.7. The van der Waals surface area contributed by atoms with E-state index in [-0.39, 0.29) is 31.5 Å². The van der Waals surface area contributed by atoms with Crippen LogP contribution in [0.4, 0.5) is 16.2 Å². The van der Waals surface area contributed by atoms with Crippen molar-refractivity contribution in [2.45, 2.75) is 32.5 Å². The van der Waals surface area contributed by atoms with E-state index in [1.165, 1.54) is 0 Å². The number of hydrogen-bond acceptors (Lipinski definition) is 8. The van der Waals surface area contributed by atoms with E-state index in [2.05, 4.69) is 16.1 Å². The first kappa shape index (κ1) is 25.0. The molecule has 0 radical (unpaired) electrons. The summed E-state index contributed by atoms with van der Waals surface area (Å²) in [6.45, 7) is 6.08. The largest absolute Gasteiger partial charge is 0.442 e. The van der Waals surface area contributed by atoms with E-state index in [0.29, 0.717) is 17.7 Å². The summed E-state index contributed by atoms with van der Waals surface area (Å²) >= 11 is 0. The summed E-state index contributed by atoms with van der Waals surface area (Å²) in [4.78, 5) is 42.4. The topological polar surface area (TPSA) is 129 Å². The van der Waals surface area contributed by atoms with Crippen molar-refractivity contribution in [3.05, 3.63) is 59.7 Å². The molecule has 2 aromatic carbocycles. The van der Waals surface area contributed by atoms with Gasteiger partial charge >= 0.3 is 6.09 Å². The lowest BCUT2D eigenvalue weighted by Crippen LogP contribution is -2.39. The number of ether oxygens (including phenoxy) is 1. The van der Waals surface area contributed by atoms with Gasteiger partial charge < -0.3 is 20.5 Å². The summed E-state index contributed by atoms with van der Waals surface area (Å²) in [7, 11) is 0. The number of anilines is 2. The smallest absolute Gasteiger partial charge is 0.431 e. The Kier molecular flexibility index (Phi) is 8.08. The Morgan fingerprint density at radius 2 is 1.53 bits per heavy atom. The Balaban J connectivity index is 1.35. The van der Waals surface area contributed by atoms with Gasteiger partial charge in [-0.2, -0.15) is 5.48 Å². The van der Waals surface area contributed by atoms with Crippen molar-refractivity contribution in [1.82, 2.24) is 10.4 Å². The van der Waals surface area contributed by atoms with Crippen LogP contribution in [0.5, 0.6) is 0 Å². The van der Waals surface area contributed by atoms with E-state index in [0.717, 1.165) is 16.3 Å². The normalized spacial score (nSPS) is 13.9. The standard InChI is InChI=1S/C24H30N4O6/c1-24(2,3)34-23(32)27-33-13-12-25-16-8-10-17(11-9-16)26-14-18(29)15-28-21(30)19-6-4-5-7-20(19)22(28)31/h4-11,18,25-26,29H,12-15H2,1-3H3,(H,27,32)/t18-/m1/s1. The van der Waals surface area contributed by atoms with Crippen LogP contribution in [-0.4, -0.2) is 65.9 Å². The van der Waals surface area contributed by atoms with Gasteiger partial charge in [0.05, 0.1) is 30.4 Å². The third kappa shape index (κ3) is 6.93. The van der Waals surface area contributed by atoms with Crippen LogP contribution in [0.3, 0.4) is 0 Å². The molecule has 0 fully saturated rings. The molecule has 1 aliphatic rings. The van der Waals surface area contributed by atoms with E-state index >= 15 is 0 Å². The SMILES string of the molecule is CC(C)(C)OC(=O)NOCCNc1ccc(NC[C@@H](O)CN2C(=O)c3ccccc3C2=O)cc1. The van der Waals surface area contributed by atoms with Crippen LogP contribution in [0.2, 0.25) is 0 Å². The lowest BCUT2D eigenvalue weighted by Gasteiger charge is -2.19.